The highest BCUT2D eigenvalue weighted by Gasteiger charge is 2.49. The van der Waals surface area contributed by atoms with Crippen molar-refractivity contribution < 1.29 is 78.1 Å². The first-order chi connectivity index (χ1) is 30.6. The van der Waals surface area contributed by atoms with E-state index in [1.54, 1.807) is 12.2 Å². The molecule has 2 aliphatic rings. The molecule has 1 heterocycles. The van der Waals surface area contributed by atoms with Crippen molar-refractivity contribution in [3.05, 3.63) is 24.3 Å². The second-order valence-corrected chi connectivity index (χ2v) is 19.2. The van der Waals surface area contributed by atoms with Crippen molar-refractivity contribution in [2.45, 2.75) is 229 Å². The second kappa shape index (κ2) is 33.4. The molecule has 12 atom stereocenters. The Kier molecular flexibility index (Phi) is 30.3. The van der Waals surface area contributed by atoms with Gasteiger partial charge in [0.05, 0.1) is 36.9 Å². The van der Waals surface area contributed by atoms with Crippen LogP contribution in [0.15, 0.2) is 24.3 Å². The first kappa shape index (κ1) is 58.0. The number of ether oxygens (including phenoxy) is 2. The molecule has 1 aliphatic carbocycles. The molecule has 1 fully saturated rings. The van der Waals surface area contributed by atoms with E-state index in [-0.39, 0.29) is 25.7 Å². The summed E-state index contributed by atoms with van der Waals surface area (Å²) >= 11 is 0. The number of hydrogen-bond donors (Lipinski definition) is 8. The summed E-state index contributed by atoms with van der Waals surface area (Å²) in [5, 5.41) is 78.3. The second-order valence-electron chi connectivity index (χ2n) is 17.8. The van der Waals surface area contributed by atoms with E-state index in [1.165, 1.54) is 70.3 Å². The number of carbonyl (C=O) groups is 3. The van der Waals surface area contributed by atoms with Crippen LogP contribution in [-0.2, 0) is 37.5 Å². The highest BCUT2D eigenvalue weighted by Crippen LogP contribution is 2.47. The average molecular weight is 935 g/mol. The Hall–Kier alpha value is -2.08. The third-order valence-corrected chi connectivity index (χ3v) is 13.2. The van der Waals surface area contributed by atoms with Crippen LogP contribution >= 0.6 is 7.82 Å². The number of Topliss-reactive ketones (excluding diaryl/α,β-unsaturated/α-hetero) is 1. The molecule has 0 aromatic rings. The van der Waals surface area contributed by atoms with Crippen molar-refractivity contribution in [1.82, 2.24) is 0 Å². The molecule has 1 saturated carbocycles. The van der Waals surface area contributed by atoms with Gasteiger partial charge in [0.1, 0.15) is 36.8 Å². The van der Waals surface area contributed by atoms with Crippen molar-refractivity contribution in [2.24, 2.45) is 11.8 Å². The average Bonchev–Trinajstić information content (AvgIpc) is 3.26. The number of allylic oxidation sites excluding steroid dienone is 2. The fourth-order valence-electron chi connectivity index (χ4n) is 8.12. The van der Waals surface area contributed by atoms with Gasteiger partial charge in [0, 0.05) is 25.2 Å². The number of aliphatic hydroxyl groups is 7. The van der Waals surface area contributed by atoms with Gasteiger partial charge in [0.15, 0.2) is 6.10 Å². The van der Waals surface area contributed by atoms with Gasteiger partial charge in [-0.15, -0.1) is 0 Å². The van der Waals surface area contributed by atoms with Crippen LogP contribution < -0.4 is 0 Å². The lowest BCUT2D eigenvalue weighted by molar-refractivity contribution is -0.166. The maximum atomic E-state index is 13.7. The van der Waals surface area contributed by atoms with Crippen LogP contribution in [0.4, 0.5) is 0 Å². The SMILES string of the molecule is CCCCCCCCCCCCCCCCCC(=O)OC[C@@H]1COP(=O)(O)O[C@H]2[C@H](O)[C@@H](O)[C@H](O)[C@@H](C/C=C\CCCC(=O)O1)[C@@H](O)CC(=O)[C@H](/C=C/[C@@H](O)CCCCC)[C@@H](O)[C@H]2O. The van der Waals surface area contributed by atoms with Gasteiger partial charge in [0.2, 0.25) is 0 Å². The van der Waals surface area contributed by atoms with Crippen LogP contribution in [0.25, 0.3) is 0 Å². The van der Waals surface area contributed by atoms with Crippen LogP contribution in [0.3, 0.4) is 0 Å². The first-order valence-corrected chi connectivity index (χ1v) is 25.7. The summed E-state index contributed by atoms with van der Waals surface area (Å²) in [5.74, 6) is -5.12. The van der Waals surface area contributed by atoms with Crippen LogP contribution in [0, 0.1) is 11.8 Å². The highest BCUT2D eigenvalue weighted by molar-refractivity contribution is 7.47. The lowest BCUT2D eigenvalue weighted by atomic mass is 9.83. The molecule has 0 aromatic carbocycles. The number of rotatable bonds is 24. The Morgan fingerprint density at radius 1 is 0.781 bits per heavy atom. The Balaban J connectivity index is 2.14. The molecule has 64 heavy (non-hydrogen) atoms. The number of carbonyl (C=O) groups excluding carboxylic acids is 3. The summed E-state index contributed by atoms with van der Waals surface area (Å²) in [6.07, 6.45) is 7.80. The minimum atomic E-state index is -5.45. The minimum Gasteiger partial charge on any atom is -0.462 e. The summed E-state index contributed by atoms with van der Waals surface area (Å²) in [6.45, 7) is 2.81. The molecule has 0 spiro atoms. The zero-order valence-corrected chi connectivity index (χ0v) is 39.4. The summed E-state index contributed by atoms with van der Waals surface area (Å²) < 4.78 is 34.6. The Morgan fingerprint density at radius 2 is 1.34 bits per heavy atom. The van der Waals surface area contributed by atoms with Gasteiger partial charge in [-0.1, -0.05) is 147 Å². The molecule has 0 saturated heterocycles. The molecule has 16 nitrogen and oxygen atoms in total. The van der Waals surface area contributed by atoms with E-state index < -0.39 is 112 Å². The fourth-order valence-corrected chi connectivity index (χ4v) is 9.09. The molecule has 0 radical (unpaired) electrons. The lowest BCUT2D eigenvalue weighted by Crippen LogP contribution is -2.55. The smallest absolute Gasteiger partial charge is 0.462 e. The molecule has 0 aromatic heterocycles. The van der Waals surface area contributed by atoms with Gasteiger partial charge >= 0.3 is 19.8 Å². The maximum Gasteiger partial charge on any atom is 0.472 e. The number of cyclic esters (lactones) is 1. The molecule has 1 aliphatic heterocycles. The lowest BCUT2D eigenvalue weighted by Gasteiger charge is -2.36. The Morgan fingerprint density at radius 3 is 1.95 bits per heavy atom. The fraction of sp³-hybridized carbons (Fsp3) is 0.851. The van der Waals surface area contributed by atoms with Gasteiger partial charge < -0.3 is 50.1 Å². The highest BCUT2D eigenvalue weighted by atomic mass is 31.2. The number of phosphoric acid groups is 1. The van der Waals surface area contributed by atoms with Crippen molar-refractivity contribution in [2.75, 3.05) is 13.2 Å². The zero-order chi connectivity index (χ0) is 47.3. The summed E-state index contributed by atoms with van der Waals surface area (Å²) in [7, 11) is -5.45. The molecule has 0 amide bonds. The van der Waals surface area contributed by atoms with Gasteiger partial charge in [-0.3, -0.25) is 23.4 Å². The van der Waals surface area contributed by atoms with E-state index in [0.29, 0.717) is 25.7 Å². The number of ketones is 1. The van der Waals surface area contributed by atoms with Gasteiger partial charge in [0.25, 0.3) is 0 Å². The summed E-state index contributed by atoms with van der Waals surface area (Å²) in [4.78, 5) is 50.0. The van der Waals surface area contributed by atoms with E-state index in [2.05, 4.69) is 6.92 Å². The van der Waals surface area contributed by atoms with Crippen LogP contribution in [0.1, 0.15) is 174 Å². The van der Waals surface area contributed by atoms with Crippen LogP contribution in [-0.4, -0.2) is 127 Å². The van der Waals surface area contributed by atoms with E-state index in [4.69, 9.17) is 18.5 Å². The van der Waals surface area contributed by atoms with E-state index in [0.717, 1.165) is 44.6 Å². The van der Waals surface area contributed by atoms with Crippen molar-refractivity contribution in [3.63, 3.8) is 0 Å². The molecule has 2 bridgehead atoms. The van der Waals surface area contributed by atoms with Crippen LogP contribution in [0.5, 0.6) is 0 Å². The molecule has 2 rings (SSSR count). The molecule has 17 heteroatoms. The van der Waals surface area contributed by atoms with Gasteiger partial charge in [-0.2, -0.15) is 0 Å². The largest absolute Gasteiger partial charge is 0.472 e. The van der Waals surface area contributed by atoms with E-state index in [9.17, 15) is 59.6 Å². The summed E-state index contributed by atoms with van der Waals surface area (Å²) in [6, 6.07) is 0. The van der Waals surface area contributed by atoms with Crippen molar-refractivity contribution in [1.29, 1.82) is 0 Å². The van der Waals surface area contributed by atoms with E-state index >= 15 is 0 Å². The zero-order valence-electron chi connectivity index (χ0n) is 38.5. The predicted molar refractivity (Wildman–Crippen MR) is 241 cm³/mol. The number of phosphoric ester groups is 1. The monoisotopic (exact) mass is 935 g/mol. The number of esters is 2. The molecular formula is C47H83O16P. The predicted octanol–water partition coefficient (Wildman–Crippen LogP) is 6.20. The van der Waals surface area contributed by atoms with Crippen LogP contribution in [0.2, 0.25) is 0 Å². The third-order valence-electron chi connectivity index (χ3n) is 12.2. The topological polar surface area (TPSA) is 267 Å². The van der Waals surface area contributed by atoms with Crippen molar-refractivity contribution in [3.8, 4) is 0 Å². The summed E-state index contributed by atoms with van der Waals surface area (Å²) in [5.41, 5.74) is 0. The van der Waals surface area contributed by atoms with Crippen molar-refractivity contribution >= 4 is 25.5 Å². The normalized spacial score (nSPS) is 31.5. The Labute approximate surface area is 381 Å². The number of fused-ring (bicyclic) bond motifs is 4. The number of hydrogen-bond acceptors (Lipinski definition) is 15. The number of aliphatic hydroxyl groups excluding tert-OH is 7. The third kappa shape index (κ3) is 23.6. The molecule has 372 valence electrons. The minimum absolute atomic E-state index is 0.107. The Bertz CT molecular complexity index is 1390. The molecule has 8 N–H and O–H groups in total. The maximum absolute atomic E-state index is 13.7. The van der Waals surface area contributed by atoms with Gasteiger partial charge in [-0.05, 0) is 32.1 Å². The van der Waals surface area contributed by atoms with E-state index in [1.807, 2.05) is 6.92 Å². The molecule has 1 unspecified atom stereocenters. The first-order valence-electron chi connectivity index (χ1n) is 24.2. The standard InChI is InChI=1S/C47H83O16P/c1-3-5-7-8-9-10-11-12-13-14-15-16-17-18-23-27-40(51)60-32-35-33-61-64(58,59)63-47-45(56)43(54)37(30-29-34(48)25-21-6-4-2)39(50)31-38(49)36(42(53)44(55)46(47)57)26-22-19-20-24-28-41(52)62-35/h19,22,29-30,34-38,42-49,53-57H,3-18,20-21,23-28,31-33H2,1-2H3,(H,58,59)/b22-19-,30-29+/t34-,35+,36-,37-,38-,42+,43+,44-,45+,46+,47+/m0/s1. The number of unbranched alkanes of at least 4 members (excludes halogenated alkanes) is 16. The quantitative estimate of drug-likeness (QED) is 0.0232. The van der Waals surface area contributed by atoms with Gasteiger partial charge in [-0.25, -0.2) is 4.57 Å². The molecular weight excluding hydrogens is 851 g/mol.